The molecular formula is C12H20N4O3S. The number of nitrogens with zero attached hydrogens (tertiary/aromatic N) is 2. The molecule has 2 rings (SSSR count). The van der Waals surface area contributed by atoms with Crippen molar-refractivity contribution in [1.82, 2.24) is 20.1 Å². The third-order valence-electron chi connectivity index (χ3n) is 3.67. The normalized spacial score (nSPS) is 25.9. The van der Waals surface area contributed by atoms with E-state index in [2.05, 4.69) is 15.5 Å². The Morgan fingerprint density at radius 3 is 3.00 bits per heavy atom. The van der Waals surface area contributed by atoms with Gasteiger partial charge in [-0.05, 0) is 25.8 Å². The molecule has 7 nitrogen and oxygen atoms in total. The van der Waals surface area contributed by atoms with Crippen molar-refractivity contribution in [3.8, 4) is 0 Å². The average Bonchev–Trinajstić information content (AvgIpc) is 2.98. The largest absolute Gasteiger partial charge is 0.468 e. The van der Waals surface area contributed by atoms with Gasteiger partial charge in [0.05, 0.1) is 7.11 Å². The predicted molar refractivity (Wildman–Crippen MR) is 75.7 cm³/mol. The SMILES string of the molecule is CCNC1(C(=O)OC)CCC(Sc2n[nH]c(=O)n2C)C1. The summed E-state index contributed by atoms with van der Waals surface area (Å²) in [5.41, 5.74) is -0.826. The van der Waals surface area contributed by atoms with E-state index < -0.39 is 5.54 Å². The number of aromatic nitrogens is 3. The smallest absolute Gasteiger partial charge is 0.343 e. The minimum atomic E-state index is -0.601. The van der Waals surface area contributed by atoms with Crippen LogP contribution in [0.1, 0.15) is 26.2 Å². The molecule has 1 aliphatic rings. The van der Waals surface area contributed by atoms with Gasteiger partial charge in [0, 0.05) is 12.3 Å². The van der Waals surface area contributed by atoms with Crippen molar-refractivity contribution in [2.24, 2.45) is 7.05 Å². The number of hydrogen-bond donors (Lipinski definition) is 2. The van der Waals surface area contributed by atoms with E-state index >= 15 is 0 Å². The highest BCUT2D eigenvalue weighted by atomic mass is 32.2. The molecule has 0 saturated heterocycles. The Balaban J connectivity index is 2.08. The molecular weight excluding hydrogens is 280 g/mol. The monoisotopic (exact) mass is 300 g/mol. The second-order valence-corrected chi connectivity index (χ2v) is 6.22. The van der Waals surface area contributed by atoms with E-state index in [1.807, 2.05) is 6.92 Å². The van der Waals surface area contributed by atoms with Crippen LogP contribution in [0.25, 0.3) is 0 Å². The van der Waals surface area contributed by atoms with E-state index in [0.29, 0.717) is 18.1 Å². The van der Waals surface area contributed by atoms with Crippen molar-refractivity contribution < 1.29 is 9.53 Å². The summed E-state index contributed by atoms with van der Waals surface area (Å²) in [4.78, 5) is 23.4. The molecule has 2 unspecified atom stereocenters. The number of aromatic amines is 1. The lowest BCUT2D eigenvalue weighted by Crippen LogP contribution is -2.50. The van der Waals surface area contributed by atoms with E-state index in [1.165, 1.54) is 23.4 Å². The number of carbonyl (C=O) groups is 1. The molecule has 2 N–H and O–H groups in total. The number of hydrogen-bond acceptors (Lipinski definition) is 6. The molecule has 8 heteroatoms. The third kappa shape index (κ3) is 2.76. The van der Waals surface area contributed by atoms with Crippen molar-refractivity contribution in [2.45, 2.75) is 42.1 Å². The van der Waals surface area contributed by atoms with Crippen LogP contribution in [-0.4, -0.2) is 45.2 Å². The van der Waals surface area contributed by atoms with Crippen LogP contribution >= 0.6 is 11.8 Å². The second-order valence-electron chi connectivity index (χ2n) is 4.96. The number of rotatable bonds is 5. The molecule has 1 aliphatic carbocycles. The van der Waals surface area contributed by atoms with Gasteiger partial charge in [-0.2, -0.15) is 0 Å². The van der Waals surface area contributed by atoms with Crippen LogP contribution in [-0.2, 0) is 16.6 Å². The fourth-order valence-corrected chi connectivity index (χ4v) is 3.88. The molecule has 1 aromatic rings. The van der Waals surface area contributed by atoms with Crippen molar-refractivity contribution in [2.75, 3.05) is 13.7 Å². The summed E-state index contributed by atoms with van der Waals surface area (Å²) in [7, 11) is 3.10. The molecule has 0 aromatic carbocycles. The molecule has 2 atom stereocenters. The van der Waals surface area contributed by atoms with Gasteiger partial charge < -0.3 is 10.1 Å². The molecule has 112 valence electrons. The van der Waals surface area contributed by atoms with Gasteiger partial charge in [-0.15, -0.1) is 5.10 Å². The molecule has 0 aliphatic heterocycles. The fraction of sp³-hybridized carbons (Fsp3) is 0.750. The summed E-state index contributed by atoms with van der Waals surface area (Å²) in [6.45, 7) is 2.69. The first-order valence-corrected chi connectivity index (χ1v) is 7.52. The summed E-state index contributed by atoms with van der Waals surface area (Å²) in [5.74, 6) is -0.210. The second kappa shape index (κ2) is 6.01. The van der Waals surface area contributed by atoms with Gasteiger partial charge in [-0.3, -0.25) is 9.36 Å². The lowest BCUT2D eigenvalue weighted by Gasteiger charge is -2.27. The topological polar surface area (TPSA) is 89.0 Å². The van der Waals surface area contributed by atoms with E-state index in [4.69, 9.17) is 4.74 Å². The van der Waals surface area contributed by atoms with Gasteiger partial charge in [0.2, 0.25) is 0 Å². The zero-order chi connectivity index (χ0) is 14.8. The van der Waals surface area contributed by atoms with Gasteiger partial charge in [0.1, 0.15) is 5.54 Å². The first-order chi connectivity index (χ1) is 9.52. The van der Waals surface area contributed by atoms with E-state index in [9.17, 15) is 9.59 Å². The lowest BCUT2D eigenvalue weighted by atomic mass is 9.98. The lowest BCUT2D eigenvalue weighted by molar-refractivity contribution is -0.148. The van der Waals surface area contributed by atoms with Gasteiger partial charge in [-0.1, -0.05) is 18.7 Å². The maximum atomic E-state index is 12.0. The zero-order valence-corrected chi connectivity index (χ0v) is 12.7. The Labute approximate surface area is 121 Å². The number of H-pyrrole nitrogens is 1. The molecule has 1 heterocycles. The highest BCUT2D eigenvalue weighted by Crippen LogP contribution is 2.39. The first-order valence-electron chi connectivity index (χ1n) is 6.64. The van der Waals surface area contributed by atoms with Crippen LogP contribution < -0.4 is 11.0 Å². The van der Waals surface area contributed by atoms with E-state index in [0.717, 1.165) is 12.8 Å². The molecule has 0 amide bonds. The Morgan fingerprint density at radius 2 is 2.45 bits per heavy atom. The number of methoxy groups -OCH3 is 1. The van der Waals surface area contributed by atoms with Crippen LogP contribution in [0.15, 0.2) is 9.95 Å². The fourth-order valence-electron chi connectivity index (χ4n) is 2.64. The molecule has 0 spiro atoms. The summed E-state index contributed by atoms with van der Waals surface area (Å²) in [5, 5.41) is 10.6. The van der Waals surface area contributed by atoms with Gasteiger partial charge in [0.15, 0.2) is 5.16 Å². The Morgan fingerprint density at radius 1 is 1.70 bits per heavy atom. The van der Waals surface area contributed by atoms with Crippen LogP contribution in [0.2, 0.25) is 0 Å². The molecule has 0 bridgehead atoms. The third-order valence-corrected chi connectivity index (χ3v) is 4.98. The highest BCUT2D eigenvalue weighted by molar-refractivity contribution is 7.99. The van der Waals surface area contributed by atoms with Gasteiger partial charge in [-0.25, -0.2) is 9.89 Å². The Hall–Kier alpha value is -1.28. The maximum Gasteiger partial charge on any atom is 0.343 e. The quantitative estimate of drug-likeness (QED) is 0.759. The summed E-state index contributed by atoms with van der Waals surface area (Å²) in [6.07, 6.45) is 2.30. The van der Waals surface area contributed by atoms with Crippen LogP contribution in [0.5, 0.6) is 0 Å². The van der Waals surface area contributed by atoms with Gasteiger partial charge in [0.25, 0.3) is 0 Å². The standard InChI is InChI=1S/C12H20N4O3S/c1-4-13-12(9(17)19-3)6-5-8(7-12)20-11-15-14-10(18)16(11)2/h8,13H,4-7H2,1-3H3,(H,14,18). The minimum Gasteiger partial charge on any atom is -0.468 e. The Bertz CT molecular complexity index is 541. The summed E-state index contributed by atoms with van der Waals surface area (Å²) >= 11 is 1.53. The van der Waals surface area contributed by atoms with Crippen LogP contribution in [0.3, 0.4) is 0 Å². The molecule has 0 radical (unpaired) electrons. The predicted octanol–water partition coefficient (Wildman–Crippen LogP) is 0.274. The zero-order valence-electron chi connectivity index (χ0n) is 11.9. The van der Waals surface area contributed by atoms with Crippen molar-refractivity contribution >= 4 is 17.7 Å². The number of esters is 1. The van der Waals surface area contributed by atoms with Gasteiger partial charge >= 0.3 is 11.7 Å². The van der Waals surface area contributed by atoms with Crippen molar-refractivity contribution in [3.63, 3.8) is 0 Å². The Kier molecular flexibility index (Phi) is 4.54. The number of thioether (sulfide) groups is 1. The van der Waals surface area contributed by atoms with Crippen LogP contribution in [0, 0.1) is 0 Å². The maximum absolute atomic E-state index is 12.0. The van der Waals surface area contributed by atoms with E-state index in [-0.39, 0.29) is 16.9 Å². The minimum absolute atomic E-state index is 0.210. The summed E-state index contributed by atoms with van der Waals surface area (Å²) < 4.78 is 6.41. The van der Waals surface area contributed by atoms with Crippen molar-refractivity contribution in [3.05, 3.63) is 10.5 Å². The van der Waals surface area contributed by atoms with Crippen molar-refractivity contribution in [1.29, 1.82) is 0 Å². The molecule has 1 aromatic heterocycles. The molecule has 20 heavy (non-hydrogen) atoms. The van der Waals surface area contributed by atoms with E-state index in [1.54, 1.807) is 7.05 Å². The molecule has 1 fully saturated rings. The summed E-state index contributed by atoms with van der Waals surface area (Å²) in [6, 6.07) is 0. The number of likely N-dealkylation sites (N-methyl/N-ethyl adjacent to an activating group) is 1. The van der Waals surface area contributed by atoms with Crippen LogP contribution in [0.4, 0.5) is 0 Å². The highest BCUT2D eigenvalue weighted by Gasteiger charge is 2.46. The number of carbonyl (C=O) groups excluding carboxylic acids is 1. The average molecular weight is 300 g/mol. The number of nitrogens with one attached hydrogen (secondary N) is 2. The number of ether oxygens (including phenoxy) is 1. The molecule has 1 saturated carbocycles. The first kappa shape index (κ1) is 15.1.